The molecule has 7 heteroatoms. The molecule has 0 aliphatic heterocycles. The van der Waals surface area contributed by atoms with Crippen molar-refractivity contribution in [2.24, 2.45) is 40.2 Å². The highest BCUT2D eigenvalue weighted by molar-refractivity contribution is 5.72. The second kappa shape index (κ2) is 8.79. The lowest BCUT2D eigenvalue weighted by molar-refractivity contribution is -0.157. The van der Waals surface area contributed by atoms with Gasteiger partial charge in [-0.05, 0) is 92.8 Å². The predicted molar refractivity (Wildman–Crippen MR) is 121 cm³/mol. The number of fused-ring (bicyclic) bond motifs is 5. The summed E-state index contributed by atoms with van der Waals surface area (Å²) in [5.41, 5.74) is 6.70. The average molecular weight is 451 g/mol. The topological polar surface area (TPSA) is 111 Å². The Morgan fingerprint density at radius 2 is 1.84 bits per heavy atom. The third-order valence-electron chi connectivity index (χ3n) is 10.3. The third-order valence-corrected chi connectivity index (χ3v) is 10.3. The van der Waals surface area contributed by atoms with Gasteiger partial charge in [0.05, 0.1) is 5.92 Å². The highest BCUT2D eigenvalue weighted by Crippen LogP contribution is 2.68. The fourth-order valence-electron chi connectivity index (χ4n) is 8.39. The highest BCUT2D eigenvalue weighted by atomic mass is 16.6. The molecule has 0 spiro atoms. The van der Waals surface area contributed by atoms with Gasteiger partial charge in [-0.3, -0.25) is 4.79 Å². The monoisotopic (exact) mass is 450 g/mol. The van der Waals surface area contributed by atoms with Gasteiger partial charge in [0.25, 0.3) is 0 Å². The molecule has 182 valence electrons. The zero-order valence-electron chi connectivity index (χ0n) is 20.0. The number of methoxy groups -OCH3 is 1. The maximum absolute atomic E-state index is 12.2. The first-order chi connectivity index (χ1) is 15.2. The maximum Gasteiger partial charge on any atom is 0.407 e. The summed E-state index contributed by atoms with van der Waals surface area (Å²) < 4.78 is 10.8. The van der Waals surface area contributed by atoms with Crippen LogP contribution in [0.15, 0.2) is 0 Å². The predicted octanol–water partition coefficient (Wildman–Crippen LogP) is 3.94. The normalized spacial score (nSPS) is 45.3. The van der Waals surface area contributed by atoms with Crippen LogP contribution in [0.1, 0.15) is 78.1 Å². The van der Waals surface area contributed by atoms with E-state index in [1.165, 1.54) is 0 Å². The van der Waals surface area contributed by atoms with E-state index < -0.39 is 5.97 Å². The lowest BCUT2D eigenvalue weighted by Crippen LogP contribution is -2.66. The number of carbonyl (C=O) groups excluding carboxylic acids is 1. The SMILES string of the molecule is COCCCNC(=O)O[C@H]1CC[C@@]2(C)[C@H](CC[C@@H]3[C@@H]2CC[C@]2(C)[C@@H](C(=O)O)CC[C@]32N)C1. The van der Waals surface area contributed by atoms with E-state index in [1.54, 1.807) is 7.11 Å². The fourth-order valence-corrected chi connectivity index (χ4v) is 8.39. The Labute approximate surface area is 192 Å². The molecule has 8 atom stereocenters. The standard InChI is InChI=1S/C25H42N2O5/c1-23-10-7-17(32-22(30)27-13-4-14-31-3)15-16(23)5-6-19-18(23)8-11-24(2)20(21(28)29)9-12-25(19,24)26/h16-20H,4-15,26H2,1-3H3,(H,27,30)(H,28,29)/t16-,17+,18+,19-,20-,23+,24-,25+/m1/s1. The number of ether oxygens (including phenoxy) is 2. The number of nitrogens with one attached hydrogen (secondary N) is 1. The first kappa shape index (κ1) is 23.8. The molecule has 0 saturated heterocycles. The Bertz CT molecular complexity index is 731. The van der Waals surface area contributed by atoms with Gasteiger partial charge in [-0.1, -0.05) is 13.8 Å². The van der Waals surface area contributed by atoms with E-state index >= 15 is 0 Å². The number of hydrogen-bond donors (Lipinski definition) is 3. The van der Waals surface area contributed by atoms with E-state index in [0.29, 0.717) is 37.3 Å². The minimum absolute atomic E-state index is 0.0179. The van der Waals surface area contributed by atoms with E-state index in [2.05, 4.69) is 19.2 Å². The number of amides is 1. The molecule has 4 aliphatic rings. The minimum Gasteiger partial charge on any atom is -0.481 e. The van der Waals surface area contributed by atoms with Crippen molar-refractivity contribution in [2.45, 2.75) is 89.7 Å². The molecule has 0 radical (unpaired) electrons. The van der Waals surface area contributed by atoms with Crippen LogP contribution in [-0.4, -0.2) is 49.1 Å². The van der Waals surface area contributed by atoms with Crippen molar-refractivity contribution in [1.82, 2.24) is 5.32 Å². The van der Waals surface area contributed by atoms with Crippen molar-refractivity contribution in [3.63, 3.8) is 0 Å². The summed E-state index contributed by atoms with van der Waals surface area (Å²) in [4.78, 5) is 24.2. The van der Waals surface area contributed by atoms with Gasteiger partial charge in [-0.2, -0.15) is 0 Å². The summed E-state index contributed by atoms with van der Waals surface area (Å²) in [6.45, 7) is 5.78. The molecule has 0 bridgehead atoms. The molecule has 4 aliphatic carbocycles. The maximum atomic E-state index is 12.2. The van der Waals surface area contributed by atoms with Crippen LogP contribution in [0.5, 0.6) is 0 Å². The van der Waals surface area contributed by atoms with Gasteiger partial charge in [0, 0.05) is 25.8 Å². The summed E-state index contributed by atoms with van der Waals surface area (Å²) >= 11 is 0. The number of carboxylic acid groups (broad SMARTS) is 1. The van der Waals surface area contributed by atoms with Crippen molar-refractivity contribution >= 4 is 12.1 Å². The van der Waals surface area contributed by atoms with Crippen molar-refractivity contribution in [3.05, 3.63) is 0 Å². The zero-order chi connectivity index (χ0) is 23.1. The summed E-state index contributed by atoms with van der Waals surface area (Å²) in [7, 11) is 1.66. The molecule has 0 aromatic rings. The van der Waals surface area contributed by atoms with E-state index in [1.807, 2.05) is 0 Å². The molecule has 0 aromatic heterocycles. The van der Waals surface area contributed by atoms with Crippen LogP contribution >= 0.6 is 0 Å². The van der Waals surface area contributed by atoms with Crippen LogP contribution < -0.4 is 11.1 Å². The molecular formula is C25H42N2O5. The second-order valence-electron chi connectivity index (χ2n) is 11.5. The van der Waals surface area contributed by atoms with Crippen molar-refractivity contribution < 1.29 is 24.2 Å². The largest absolute Gasteiger partial charge is 0.481 e. The van der Waals surface area contributed by atoms with E-state index in [0.717, 1.165) is 57.8 Å². The molecule has 0 heterocycles. The Morgan fingerprint density at radius 3 is 2.56 bits per heavy atom. The van der Waals surface area contributed by atoms with Crippen LogP contribution in [0.2, 0.25) is 0 Å². The van der Waals surface area contributed by atoms with Crippen LogP contribution in [0, 0.1) is 34.5 Å². The van der Waals surface area contributed by atoms with Gasteiger partial charge in [0.15, 0.2) is 0 Å². The van der Waals surface area contributed by atoms with E-state index in [4.69, 9.17) is 15.2 Å². The summed E-state index contributed by atoms with van der Waals surface area (Å²) in [5.74, 6) is 0.486. The molecule has 4 saturated carbocycles. The molecule has 4 fully saturated rings. The summed E-state index contributed by atoms with van der Waals surface area (Å²) in [6.07, 6.45) is 9.01. The third kappa shape index (κ3) is 3.73. The number of aliphatic carboxylic acids is 1. The molecule has 0 aromatic carbocycles. The van der Waals surface area contributed by atoms with E-state index in [9.17, 15) is 14.7 Å². The number of alkyl carbamates (subject to hydrolysis) is 1. The van der Waals surface area contributed by atoms with Crippen molar-refractivity contribution in [1.29, 1.82) is 0 Å². The molecule has 0 unspecified atom stereocenters. The molecule has 7 nitrogen and oxygen atoms in total. The van der Waals surface area contributed by atoms with Gasteiger partial charge in [-0.25, -0.2) is 4.79 Å². The van der Waals surface area contributed by atoms with E-state index in [-0.39, 0.29) is 34.5 Å². The van der Waals surface area contributed by atoms with Crippen molar-refractivity contribution in [3.8, 4) is 0 Å². The van der Waals surface area contributed by atoms with Gasteiger partial charge in [-0.15, -0.1) is 0 Å². The Balaban J connectivity index is 1.41. The lowest BCUT2D eigenvalue weighted by atomic mass is 9.42. The van der Waals surface area contributed by atoms with Gasteiger partial charge in [0.2, 0.25) is 0 Å². The number of carbonyl (C=O) groups is 2. The number of nitrogens with two attached hydrogens (primary N) is 1. The number of rotatable bonds is 6. The Morgan fingerprint density at radius 1 is 1.06 bits per heavy atom. The second-order valence-corrected chi connectivity index (χ2v) is 11.5. The Kier molecular flexibility index (Phi) is 6.54. The first-order valence-electron chi connectivity index (χ1n) is 12.6. The highest BCUT2D eigenvalue weighted by Gasteiger charge is 2.67. The molecule has 4 rings (SSSR count). The lowest BCUT2D eigenvalue weighted by Gasteiger charge is -2.64. The van der Waals surface area contributed by atoms with Crippen LogP contribution in [0.3, 0.4) is 0 Å². The number of hydrogen-bond acceptors (Lipinski definition) is 5. The quantitative estimate of drug-likeness (QED) is 0.529. The van der Waals surface area contributed by atoms with Crippen LogP contribution in [0.4, 0.5) is 4.79 Å². The van der Waals surface area contributed by atoms with Gasteiger partial charge >= 0.3 is 12.1 Å². The Hall–Kier alpha value is -1.34. The summed E-state index contributed by atoms with van der Waals surface area (Å²) in [5, 5.41) is 12.7. The van der Waals surface area contributed by atoms with Gasteiger partial charge < -0.3 is 25.6 Å². The molecule has 1 amide bonds. The van der Waals surface area contributed by atoms with Gasteiger partial charge in [0.1, 0.15) is 6.10 Å². The summed E-state index contributed by atoms with van der Waals surface area (Å²) in [6, 6.07) is 0. The zero-order valence-corrected chi connectivity index (χ0v) is 20.0. The van der Waals surface area contributed by atoms with Crippen molar-refractivity contribution in [2.75, 3.05) is 20.3 Å². The fraction of sp³-hybridized carbons (Fsp3) is 0.920. The molecule has 32 heavy (non-hydrogen) atoms. The van der Waals surface area contributed by atoms with Crippen LogP contribution in [-0.2, 0) is 14.3 Å². The molecule has 4 N–H and O–H groups in total. The minimum atomic E-state index is -0.670. The molecular weight excluding hydrogens is 408 g/mol. The average Bonchev–Trinajstić information content (AvgIpc) is 3.03. The van der Waals surface area contributed by atoms with Crippen LogP contribution in [0.25, 0.3) is 0 Å². The first-order valence-corrected chi connectivity index (χ1v) is 12.6. The smallest absolute Gasteiger partial charge is 0.407 e. The number of carboxylic acids is 1.